The molecule has 3 N–H and O–H groups in total. The van der Waals surface area contributed by atoms with E-state index in [2.05, 4.69) is 9.68 Å². The van der Waals surface area contributed by atoms with E-state index in [1.165, 1.54) is 38.2 Å². The third-order valence-corrected chi connectivity index (χ3v) is 6.40. The van der Waals surface area contributed by atoms with Crippen molar-refractivity contribution in [3.05, 3.63) is 46.5 Å². The van der Waals surface area contributed by atoms with Crippen molar-refractivity contribution in [2.75, 3.05) is 5.32 Å². The number of rotatable bonds is 6. The number of aryl methyl sites for hydroxylation is 1. The average Bonchev–Trinajstić information content (AvgIpc) is 3.05. The molecule has 1 heterocycles. The molecule has 0 saturated heterocycles. The van der Waals surface area contributed by atoms with Crippen molar-refractivity contribution >= 4 is 21.6 Å². The highest BCUT2D eigenvalue weighted by Crippen LogP contribution is 2.34. The molecular weight excluding hydrogens is 435 g/mol. The molecular formula is C22H29FN4O4S. The maximum atomic E-state index is 14.1. The predicted molar refractivity (Wildman–Crippen MR) is 120 cm³/mol. The highest BCUT2D eigenvalue weighted by molar-refractivity contribution is 7.92. The van der Waals surface area contributed by atoms with E-state index in [4.69, 9.17) is 9.68 Å². The van der Waals surface area contributed by atoms with E-state index < -0.39 is 27.4 Å². The van der Waals surface area contributed by atoms with Crippen LogP contribution in [-0.2, 0) is 15.5 Å². The van der Waals surface area contributed by atoms with Gasteiger partial charge in [0.2, 0.25) is 15.0 Å². The molecule has 2 amide bonds. The first-order chi connectivity index (χ1) is 14.7. The molecule has 0 radical (unpaired) electrons. The minimum Gasteiger partial charge on any atom is -0.449 e. The van der Waals surface area contributed by atoms with E-state index >= 15 is 0 Å². The summed E-state index contributed by atoms with van der Waals surface area (Å²) in [6, 6.07) is 2.98. The molecule has 0 saturated carbocycles. The second-order valence-electron chi connectivity index (χ2n) is 8.62. The highest BCUT2D eigenvalue weighted by atomic mass is 32.2. The summed E-state index contributed by atoms with van der Waals surface area (Å²) in [7, 11) is -3.82. The Morgan fingerprint density at radius 3 is 2.16 bits per heavy atom. The number of anilines is 1. The number of nitrogens with one attached hydrogen (secondary N) is 2. The molecule has 2 rings (SSSR count). The van der Waals surface area contributed by atoms with E-state index in [9.17, 15) is 18.5 Å². The molecule has 0 spiro atoms. The number of furan rings is 1. The Balaban J connectivity index is 2.59. The van der Waals surface area contributed by atoms with Gasteiger partial charge in [0.15, 0.2) is 6.19 Å². The molecule has 0 aliphatic heterocycles. The van der Waals surface area contributed by atoms with Crippen LogP contribution in [0.5, 0.6) is 0 Å². The quantitative estimate of drug-likeness (QED) is 0.397. The average molecular weight is 465 g/mol. The second kappa shape index (κ2) is 9.30. The van der Waals surface area contributed by atoms with Crippen molar-refractivity contribution in [2.45, 2.75) is 71.0 Å². The zero-order valence-corrected chi connectivity index (χ0v) is 20.1. The van der Waals surface area contributed by atoms with Crippen molar-refractivity contribution < 1.29 is 22.9 Å². The van der Waals surface area contributed by atoms with Gasteiger partial charge in [0, 0.05) is 17.3 Å². The Morgan fingerprint density at radius 1 is 1.22 bits per heavy atom. The van der Waals surface area contributed by atoms with Crippen LogP contribution in [0.15, 0.2) is 32.1 Å². The van der Waals surface area contributed by atoms with Gasteiger partial charge in [0.05, 0.1) is 5.60 Å². The summed E-state index contributed by atoms with van der Waals surface area (Å²) < 4.78 is 38.7. The van der Waals surface area contributed by atoms with Crippen molar-refractivity contribution in [3.63, 3.8) is 0 Å². The number of benzene rings is 1. The number of hydrogen-bond acceptors (Lipinski definition) is 5. The van der Waals surface area contributed by atoms with Gasteiger partial charge >= 0.3 is 6.03 Å². The van der Waals surface area contributed by atoms with Crippen LogP contribution >= 0.6 is 0 Å². The fourth-order valence-electron chi connectivity index (χ4n) is 3.33. The molecule has 1 unspecified atom stereocenters. The Labute approximate surface area is 188 Å². The molecule has 0 aliphatic carbocycles. The van der Waals surface area contributed by atoms with Gasteiger partial charge in [0.1, 0.15) is 11.6 Å². The van der Waals surface area contributed by atoms with Crippen LogP contribution in [0.3, 0.4) is 0 Å². The molecule has 32 heavy (non-hydrogen) atoms. The van der Waals surface area contributed by atoms with E-state index in [1.807, 2.05) is 32.4 Å². The summed E-state index contributed by atoms with van der Waals surface area (Å²) in [5, 5.41) is 21.7. The lowest BCUT2D eigenvalue weighted by Gasteiger charge is -2.20. The topological polar surface area (TPSA) is 128 Å². The number of nitriles is 1. The van der Waals surface area contributed by atoms with E-state index in [0.717, 1.165) is 0 Å². The van der Waals surface area contributed by atoms with Gasteiger partial charge in [0.25, 0.3) is 0 Å². The number of hydrogen-bond donors (Lipinski definition) is 3. The first kappa shape index (κ1) is 25.4. The van der Waals surface area contributed by atoms with Gasteiger partial charge in [-0.05, 0) is 55.9 Å². The fraction of sp³-hybridized carbons (Fsp3) is 0.455. The van der Waals surface area contributed by atoms with Crippen molar-refractivity contribution in [1.82, 2.24) is 4.72 Å². The minimum atomic E-state index is -3.82. The maximum absolute atomic E-state index is 14.1. The van der Waals surface area contributed by atoms with Crippen LogP contribution in [0.25, 0.3) is 0 Å². The normalized spacial score (nSPS) is 13.6. The van der Waals surface area contributed by atoms with Gasteiger partial charge in [-0.3, -0.25) is 0 Å². The van der Waals surface area contributed by atoms with E-state index in [0.29, 0.717) is 22.4 Å². The smallest absolute Gasteiger partial charge is 0.355 e. The van der Waals surface area contributed by atoms with Crippen molar-refractivity contribution in [2.24, 2.45) is 4.36 Å². The molecule has 0 bridgehead atoms. The Morgan fingerprint density at radius 2 is 1.75 bits per heavy atom. The Bertz CT molecular complexity index is 1150. The van der Waals surface area contributed by atoms with Gasteiger partial charge < -0.3 is 14.8 Å². The van der Waals surface area contributed by atoms with Gasteiger partial charge in [-0.1, -0.05) is 27.7 Å². The molecule has 0 fully saturated rings. The third-order valence-electron chi connectivity index (χ3n) is 4.86. The summed E-state index contributed by atoms with van der Waals surface area (Å²) in [6.07, 6.45) is 1.54. The third kappa shape index (κ3) is 5.47. The van der Waals surface area contributed by atoms with Crippen LogP contribution < -0.4 is 10.0 Å². The van der Waals surface area contributed by atoms with Crippen LogP contribution in [0.4, 0.5) is 14.9 Å². The van der Waals surface area contributed by atoms with Crippen molar-refractivity contribution in [3.8, 4) is 6.19 Å². The number of urea groups is 1. The molecule has 10 heteroatoms. The monoisotopic (exact) mass is 464 g/mol. The lowest BCUT2D eigenvalue weighted by atomic mass is 9.92. The SMILES string of the molecule is Cc1oc(S(=O)(=NC(=O)Nc2c(C(C)C)cc(F)cc2C(C)C)NC#N)cc1C(C)(C)O. The lowest BCUT2D eigenvalue weighted by molar-refractivity contribution is 0.0769. The number of amides is 2. The number of aliphatic hydroxyl groups is 1. The molecule has 1 atom stereocenters. The van der Waals surface area contributed by atoms with Crippen LogP contribution in [-0.4, -0.2) is 15.3 Å². The number of nitrogens with zero attached hydrogens (tertiary/aromatic N) is 2. The maximum Gasteiger partial charge on any atom is 0.355 e. The molecule has 0 aliphatic rings. The zero-order chi connectivity index (χ0) is 24.4. The highest BCUT2D eigenvalue weighted by Gasteiger charge is 2.28. The van der Waals surface area contributed by atoms with E-state index in [-0.39, 0.29) is 22.7 Å². The number of carbonyl (C=O) groups excluding carboxylic acids is 1. The van der Waals surface area contributed by atoms with Crippen LogP contribution in [0, 0.1) is 24.2 Å². The standard InChI is InChI=1S/C22H29FN4O4S/c1-12(2)16-8-15(23)9-17(13(3)4)20(16)26-21(28)27-32(30,25-11-24)19-10-18(14(5)31-19)22(6,7)29/h8-10,12-13,29H,1-7H3,(H2,25,26,27,28,30). The largest absolute Gasteiger partial charge is 0.449 e. The van der Waals surface area contributed by atoms with Gasteiger partial charge in [-0.2, -0.15) is 5.26 Å². The first-order valence-electron chi connectivity index (χ1n) is 10.1. The lowest BCUT2D eigenvalue weighted by Crippen LogP contribution is -2.22. The van der Waals surface area contributed by atoms with Crippen LogP contribution in [0.1, 0.15) is 75.8 Å². The van der Waals surface area contributed by atoms with Crippen molar-refractivity contribution in [1.29, 1.82) is 5.26 Å². The summed E-state index contributed by atoms with van der Waals surface area (Å²) >= 11 is 0. The molecule has 1 aromatic heterocycles. The molecule has 8 nitrogen and oxygen atoms in total. The Hall–Kier alpha value is -2.90. The fourth-order valence-corrected chi connectivity index (χ4v) is 4.48. The predicted octanol–water partition coefficient (Wildman–Crippen LogP) is 5.25. The van der Waals surface area contributed by atoms with Crippen LogP contribution in [0.2, 0.25) is 0 Å². The minimum absolute atomic E-state index is 0.109. The first-order valence-corrected chi connectivity index (χ1v) is 11.6. The summed E-state index contributed by atoms with van der Waals surface area (Å²) in [6.45, 7) is 12.0. The summed E-state index contributed by atoms with van der Waals surface area (Å²) in [5.41, 5.74) is 0.563. The number of carbonyl (C=O) groups is 1. The Kier molecular flexibility index (Phi) is 7.37. The zero-order valence-electron chi connectivity index (χ0n) is 19.2. The molecule has 2 aromatic rings. The second-order valence-corrected chi connectivity index (χ2v) is 10.5. The van der Waals surface area contributed by atoms with Gasteiger partial charge in [-0.25, -0.2) is 18.1 Å². The summed E-state index contributed by atoms with van der Waals surface area (Å²) in [4.78, 5) is 12.8. The molecule has 174 valence electrons. The van der Waals surface area contributed by atoms with Gasteiger partial charge in [-0.15, -0.1) is 4.36 Å². The molecule has 1 aromatic carbocycles. The number of halogens is 1. The van der Waals surface area contributed by atoms with E-state index in [1.54, 1.807) is 6.92 Å². The summed E-state index contributed by atoms with van der Waals surface area (Å²) in [5.74, 6) is -0.366.